The molecule has 3 amide bonds. The molecule has 3 aromatic carbocycles. The summed E-state index contributed by atoms with van der Waals surface area (Å²) in [6.07, 6.45) is 1.48. The van der Waals surface area contributed by atoms with Gasteiger partial charge in [0, 0.05) is 10.7 Å². The number of imide groups is 1. The first-order valence-electron chi connectivity index (χ1n) is 10.8. The summed E-state index contributed by atoms with van der Waals surface area (Å²) in [4.78, 5) is 38.5. The molecule has 37 heavy (non-hydrogen) atoms. The number of thioether (sulfide) groups is 1. The number of halogens is 3. The zero-order chi connectivity index (χ0) is 26.5. The van der Waals surface area contributed by atoms with Crippen molar-refractivity contribution in [2.24, 2.45) is 0 Å². The van der Waals surface area contributed by atoms with E-state index in [1.807, 2.05) is 12.1 Å². The molecule has 1 N–H and O–H groups in total. The highest BCUT2D eigenvalue weighted by Crippen LogP contribution is 2.39. The number of amides is 3. The van der Waals surface area contributed by atoms with Crippen molar-refractivity contribution in [2.45, 2.75) is 6.61 Å². The molecule has 1 aliphatic heterocycles. The molecule has 190 valence electrons. The number of carbonyl (C=O) groups is 3. The summed E-state index contributed by atoms with van der Waals surface area (Å²) in [7, 11) is 1.45. The van der Waals surface area contributed by atoms with Crippen LogP contribution in [0.15, 0.2) is 65.6 Å². The quantitative estimate of drug-likeness (QED) is 0.321. The van der Waals surface area contributed by atoms with Gasteiger partial charge in [-0.05, 0) is 71.4 Å². The summed E-state index contributed by atoms with van der Waals surface area (Å²) in [6, 6.07) is 15.6. The van der Waals surface area contributed by atoms with Crippen molar-refractivity contribution in [2.75, 3.05) is 19.0 Å². The molecule has 0 radical (unpaired) electrons. The molecule has 1 heterocycles. The van der Waals surface area contributed by atoms with Crippen LogP contribution in [-0.2, 0) is 16.2 Å². The number of ether oxygens (including phenoxy) is 2. The Labute approximate surface area is 226 Å². The number of hydrogen-bond acceptors (Lipinski definition) is 6. The van der Waals surface area contributed by atoms with Crippen molar-refractivity contribution in [1.82, 2.24) is 4.90 Å². The molecule has 11 heteroatoms. The minimum Gasteiger partial charge on any atom is -0.493 e. The van der Waals surface area contributed by atoms with E-state index in [-0.39, 0.29) is 22.2 Å². The largest absolute Gasteiger partial charge is 0.493 e. The molecule has 0 aromatic heterocycles. The van der Waals surface area contributed by atoms with Gasteiger partial charge in [0.2, 0.25) is 5.91 Å². The van der Waals surface area contributed by atoms with Gasteiger partial charge in [-0.15, -0.1) is 0 Å². The lowest BCUT2D eigenvalue weighted by Gasteiger charge is -2.14. The van der Waals surface area contributed by atoms with E-state index in [9.17, 15) is 18.8 Å². The Hall–Kier alpha value is -3.53. The number of anilines is 1. The average Bonchev–Trinajstić information content (AvgIpc) is 3.11. The van der Waals surface area contributed by atoms with Gasteiger partial charge in [-0.2, -0.15) is 0 Å². The number of carbonyl (C=O) groups excluding carboxylic acids is 3. The minimum absolute atomic E-state index is 0.108. The third-order valence-corrected chi connectivity index (χ3v) is 6.57. The molecule has 0 unspecified atom stereocenters. The van der Waals surface area contributed by atoms with Crippen LogP contribution in [0, 0.1) is 5.82 Å². The first kappa shape index (κ1) is 26.5. The monoisotopic (exact) mass is 560 g/mol. The molecule has 0 bridgehead atoms. The summed E-state index contributed by atoms with van der Waals surface area (Å²) >= 11 is 13.0. The van der Waals surface area contributed by atoms with E-state index in [1.165, 1.54) is 31.4 Å². The van der Waals surface area contributed by atoms with Gasteiger partial charge >= 0.3 is 0 Å². The highest BCUT2D eigenvalue weighted by atomic mass is 35.5. The fourth-order valence-electron chi connectivity index (χ4n) is 3.40. The molecular weight excluding hydrogens is 542 g/mol. The van der Waals surface area contributed by atoms with E-state index < -0.39 is 29.4 Å². The number of methoxy groups -OCH3 is 1. The lowest BCUT2D eigenvalue weighted by atomic mass is 10.1. The summed E-state index contributed by atoms with van der Waals surface area (Å²) in [5, 5.41) is 2.71. The van der Waals surface area contributed by atoms with Gasteiger partial charge in [0.15, 0.2) is 11.5 Å². The molecular formula is C26H19Cl2FN2O5S. The fourth-order valence-corrected chi connectivity index (χ4v) is 4.64. The second-order valence-corrected chi connectivity index (χ2v) is 9.61. The van der Waals surface area contributed by atoms with E-state index in [2.05, 4.69) is 5.32 Å². The summed E-state index contributed by atoms with van der Waals surface area (Å²) in [5.41, 5.74) is 1.59. The number of nitrogens with one attached hydrogen (secondary N) is 1. The number of benzene rings is 3. The van der Waals surface area contributed by atoms with E-state index in [0.717, 1.165) is 16.5 Å². The van der Waals surface area contributed by atoms with Crippen LogP contribution in [0.2, 0.25) is 10.0 Å². The fraction of sp³-hybridized carbons (Fsp3) is 0.115. The van der Waals surface area contributed by atoms with Gasteiger partial charge in [0.05, 0.1) is 17.0 Å². The smallest absolute Gasteiger partial charge is 0.294 e. The van der Waals surface area contributed by atoms with Gasteiger partial charge in [-0.3, -0.25) is 19.3 Å². The SMILES string of the molecule is COc1cc(/C=C2/SC(=O)N(CC(=O)Nc3cccc(F)c3)C2=O)cc(Cl)c1OCc1ccc(Cl)cc1. The Bertz CT molecular complexity index is 1400. The van der Waals surface area contributed by atoms with Crippen LogP contribution in [0.5, 0.6) is 11.5 Å². The Kier molecular flexibility index (Phi) is 8.38. The zero-order valence-electron chi connectivity index (χ0n) is 19.3. The lowest BCUT2D eigenvalue weighted by Crippen LogP contribution is -2.36. The van der Waals surface area contributed by atoms with Gasteiger partial charge in [0.1, 0.15) is 19.0 Å². The highest BCUT2D eigenvalue weighted by molar-refractivity contribution is 8.18. The summed E-state index contributed by atoms with van der Waals surface area (Å²) < 4.78 is 24.6. The standard InChI is InChI=1S/C26H19Cl2FN2O5S/c1-35-21-10-16(9-20(28)24(21)36-14-15-5-7-17(27)8-6-15)11-22-25(33)31(26(34)37-22)13-23(32)30-19-4-2-3-18(29)12-19/h2-12H,13-14H2,1H3,(H,30,32)/b22-11+. The predicted molar refractivity (Wildman–Crippen MR) is 141 cm³/mol. The molecule has 0 atom stereocenters. The zero-order valence-corrected chi connectivity index (χ0v) is 21.6. The molecule has 1 aliphatic rings. The van der Waals surface area contributed by atoms with Crippen molar-refractivity contribution < 1.29 is 28.2 Å². The molecule has 0 aliphatic carbocycles. The Morgan fingerprint density at radius 2 is 1.86 bits per heavy atom. The van der Waals surface area contributed by atoms with Crippen molar-refractivity contribution >= 4 is 63.8 Å². The van der Waals surface area contributed by atoms with Crippen molar-refractivity contribution in [3.8, 4) is 11.5 Å². The normalized spacial score (nSPS) is 14.3. The van der Waals surface area contributed by atoms with Crippen molar-refractivity contribution in [3.05, 3.63) is 92.6 Å². The third-order valence-electron chi connectivity index (χ3n) is 5.13. The second kappa shape index (κ2) is 11.7. The number of hydrogen-bond donors (Lipinski definition) is 1. The number of rotatable bonds is 8. The third kappa shape index (κ3) is 6.62. The van der Waals surface area contributed by atoms with Crippen LogP contribution in [-0.4, -0.2) is 35.6 Å². The molecule has 3 aromatic rings. The van der Waals surface area contributed by atoms with Crippen molar-refractivity contribution in [1.29, 1.82) is 0 Å². The van der Waals surface area contributed by atoms with E-state index in [4.69, 9.17) is 32.7 Å². The highest BCUT2D eigenvalue weighted by Gasteiger charge is 2.36. The van der Waals surface area contributed by atoms with Crippen LogP contribution in [0.4, 0.5) is 14.9 Å². The maximum atomic E-state index is 13.3. The van der Waals surface area contributed by atoms with Gasteiger partial charge < -0.3 is 14.8 Å². The lowest BCUT2D eigenvalue weighted by molar-refractivity contribution is -0.127. The van der Waals surface area contributed by atoms with Crippen LogP contribution < -0.4 is 14.8 Å². The maximum absolute atomic E-state index is 13.3. The van der Waals surface area contributed by atoms with Gasteiger partial charge in [-0.1, -0.05) is 41.4 Å². The van der Waals surface area contributed by atoms with Gasteiger partial charge in [0.25, 0.3) is 11.1 Å². The van der Waals surface area contributed by atoms with Crippen LogP contribution in [0.3, 0.4) is 0 Å². The Morgan fingerprint density at radius 1 is 1.11 bits per heavy atom. The molecule has 0 saturated carbocycles. The summed E-state index contributed by atoms with van der Waals surface area (Å²) in [6.45, 7) is -0.288. The van der Waals surface area contributed by atoms with Crippen LogP contribution in [0.25, 0.3) is 6.08 Å². The van der Waals surface area contributed by atoms with E-state index in [0.29, 0.717) is 33.8 Å². The average molecular weight is 561 g/mol. The molecule has 7 nitrogen and oxygen atoms in total. The molecule has 1 fully saturated rings. The minimum atomic E-state index is -0.638. The maximum Gasteiger partial charge on any atom is 0.294 e. The Balaban J connectivity index is 1.46. The second-order valence-electron chi connectivity index (χ2n) is 7.78. The molecule has 4 rings (SSSR count). The first-order chi connectivity index (χ1) is 17.7. The van der Waals surface area contributed by atoms with Crippen molar-refractivity contribution in [3.63, 3.8) is 0 Å². The number of nitrogens with zero attached hydrogens (tertiary/aromatic N) is 1. The first-order valence-corrected chi connectivity index (χ1v) is 12.4. The van der Waals surface area contributed by atoms with E-state index in [1.54, 1.807) is 24.3 Å². The topological polar surface area (TPSA) is 84.9 Å². The van der Waals surface area contributed by atoms with Crippen LogP contribution >= 0.6 is 35.0 Å². The summed E-state index contributed by atoms with van der Waals surface area (Å²) in [5.74, 6) is -1.15. The molecule has 0 spiro atoms. The Morgan fingerprint density at radius 3 is 2.57 bits per heavy atom. The molecule has 1 saturated heterocycles. The predicted octanol–water partition coefficient (Wildman–Crippen LogP) is 6.40. The van der Waals surface area contributed by atoms with Crippen LogP contribution in [0.1, 0.15) is 11.1 Å². The van der Waals surface area contributed by atoms with E-state index >= 15 is 0 Å². The van der Waals surface area contributed by atoms with Gasteiger partial charge in [-0.25, -0.2) is 4.39 Å².